The molecule has 6 nitrogen and oxygen atoms in total. The third kappa shape index (κ3) is 4.06. The van der Waals surface area contributed by atoms with E-state index in [0.717, 1.165) is 50.8 Å². The number of aryl methyl sites for hydroxylation is 1. The predicted molar refractivity (Wildman–Crippen MR) is 105 cm³/mol. The van der Waals surface area contributed by atoms with E-state index in [1.165, 1.54) is 16.7 Å². The van der Waals surface area contributed by atoms with Crippen LogP contribution in [0.5, 0.6) is 0 Å². The van der Waals surface area contributed by atoms with Gasteiger partial charge in [0.05, 0.1) is 25.5 Å². The van der Waals surface area contributed by atoms with E-state index >= 15 is 0 Å². The number of fused-ring (bicyclic) bond motifs is 1. The Bertz CT molecular complexity index is 818. The normalized spacial score (nSPS) is 16.8. The van der Waals surface area contributed by atoms with Crippen LogP contribution in [-0.2, 0) is 24.2 Å². The molecule has 2 amide bonds. The summed E-state index contributed by atoms with van der Waals surface area (Å²) in [5.74, 6) is 0.951. The number of aromatic nitrogens is 1. The Hall–Kier alpha value is -2.60. The summed E-state index contributed by atoms with van der Waals surface area (Å²) in [4.78, 5) is 21.5. The number of hydrogen-bond donors (Lipinski definition) is 1. The summed E-state index contributed by atoms with van der Waals surface area (Å²) in [5.41, 5.74) is 4.77. The fraction of sp³-hybridized carbons (Fsp3) is 0.429. The summed E-state index contributed by atoms with van der Waals surface area (Å²) in [7, 11) is 0. The van der Waals surface area contributed by atoms with Crippen LogP contribution in [-0.4, -0.2) is 48.8 Å². The fourth-order valence-electron chi connectivity index (χ4n) is 3.73. The number of benzene rings is 1. The second-order valence-corrected chi connectivity index (χ2v) is 7.13. The number of nitrogens with one attached hydrogen (secondary N) is 1. The van der Waals surface area contributed by atoms with Crippen LogP contribution in [0.25, 0.3) is 0 Å². The SMILES string of the molecule is Cc1cccc2c1CN(C(=O)NCc1cccc(N3CCOCC3)n1)CC2. The van der Waals surface area contributed by atoms with E-state index in [2.05, 4.69) is 35.3 Å². The van der Waals surface area contributed by atoms with Gasteiger partial charge in [0.2, 0.25) is 0 Å². The van der Waals surface area contributed by atoms with Crippen molar-refractivity contribution in [3.8, 4) is 0 Å². The lowest BCUT2D eigenvalue weighted by atomic mass is 9.96. The molecule has 2 aliphatic rings. The van der Waals surface area contributed by atoms with Gasteiger partial charge in [0, 0.05) is 26.2 Å². The van der Waals surface area contributed by atoms with Crippen molar-refractivity contribution in [1.29, 1.82) is 0 Å². The number of nitrogens with zero attached hydrogens (tertiary/aromatic N) is 3. The van der Waals surface area contributed by atoms with Gasteiger partial charge in [-0.3, -0.25) is 0 Å². The number of ether oxygens (including phenoxy) is 1. The van der Waals surface area contributed by atoms with Crippen molar-refractivity contribution < 1.29 is 9.53 Å². The minimum Gasteiger partial charge on any atom is -0.378 e. The maximum absolute atomic E-state index is 12.6. The van der Waals surface area contributed by atoms with Gasteiger partial charge in [0.1, 0.15) is 5.82 Å². The zero-order valence-electron chi connectivity index (χ0n) is 15.8. The summed E-state index contributed by atoms with van der Waals surface area (Å²) in [5, 5.41) is 3.03. The molecular weight excluding hydrogens is 340 g/mol. The summed E-state index contributed by atoms with van der Waals surface area (Å²) in [6.07, 6.45) is 0.912. The molecule has 27 heavy (non-hydrogen) atoms. The van der Waals surface area contributed by atoms with Crippen LogP contribution in [0, 0.1) is 6.92 Å². The van der Waals surface area contributed by atoms with E-state index in [1.807, 2.05) is 23.1 Å². The maximum atomic E-state index is 12.6. The fourth-order valence-corrected chi connectivity index (χ4v) is 3.73. The molecule has 1 aromatic carbocycles. The summed E-state index contributed by atoms with van der Waals surface area (Å²) < 4.78 is 5.40. The van der Waals surface area contributed by atoms with Crippen molar-refractivity contribution in [3.05, 3.63) is 58.8 Å². The van der Waals surface area contributed by atoms with Crippen LogP contribution in [0.1, 0.15) is 22.4 Å². The Morgan fingerprint density at radius 1 is 1.15 bits per heavy atom. The lowest BCUT2D eigenvalue weighted by Crippen LogP contribution is -2.42. The Labute approximate surface area is 160 Å². The second-order valence-electron chi connectivity index (χ2n) is 7.13. The summed E-state index contributed by atoms with van der Waals surface area (Å²) in [6, 6.07) is 12.3. The number of carbonyl (C=O) groups excluding carboxylic acids is 1. The quantitative estimate of drug-likeness (QED) is 0.907. The number of rotatable bonds is 3. The number of hydrogen-bond acceptors (Lipinski definition) is 4. The van der Waals surface area contributed by atoms with Crippen LogP contribution >= 0.6 is 0 Å². The minimum absolute atomic E-state index is 0.0255. The van der Waals surface area contributed by atoms with Crippen LogP contribution in [0.4, 0.5) is 10.6 Å². The third-order valence-corrected chi connectivity index (χ3v) is 5.34. The van der Waals surface area contributed by atoms with Crippen molar-refractivity contribution in [2.75, 3.05) is 37.7 Å². The lowest BCUT2D eigenvalue weighted by Gasteiger charge is -2.30. The first-order chi connectivity index (χ1) is 13.2. The standard InChI is InChI=1S/C21H26N4O2/c1-16-4-2-5-17-8-9-25(15-19(16)17)21(26)22-14-18-6-3-7-20(23-18)24-10-12-27-13-11-24/h2-7H,8-15H2,1H3,(H,22,26). The number of amides is 2. The van der Waals surface area contributed by atoms with Crippen molar-refractivity contribution in [2.24, 2.45) is 0 Å². The number of carbonyl (C=O) groups is 1. The molecule has 0 atom stereocenters. The molecule has 1 saturated heterocycles. The highest BCUT2D eigenvalue weighted by molar-refractivity contribution is 5.74. The zero-order chi connectivity index (χ0) is 18.6. The molecule has 3 heterocycles. The van der Waals surface area contributed by atoms with E-state index < -0.39 is 0 Å². The Morgan fingerprint density at radius 3 is 2.81 bits per heavy atom. The van der Waals surface area contributed by atoms with E-state index in [1.54, 1.807) is 0 Å². The van der Waals surface area contributed by atoms with Crippen molar-refractivity contribution in [3.63, 3.8) is 0 Å². The van der Waals surface area contributed by atoms with Gasteiger partial charge in [-0.25, -0.2) is 9.78 Å². The van der Waals surface area contributed by atoms with E-state index in [4.69, 9.17) is 9.72 Å². The van der Waals surface area contributed by atoms with Gasteiger partial charge in [-0.1, -0.05) is 24.3 Å². The van der Waals surface area contributed by atoms with Crippen molar-refractivity contribution in [2.45, 2.75) is 26.4 Å². The van der Waals surface area contributed by atoms with Crippen LogP contribution < -0.4 is 10.2 Å². The molecule has 0 unspecified atom stereocenters. The lowest BCUT2D eigenvalue weighted by molar-refractivity contribution is 0.122. The smallest absolute Gasteiger partial charge is 0.318 e. The maximum Gasteiger partial charge on any atom is 0.318 e. The minimum atomic E-state index is -0.0255. The number of pyridine rings is 1. The topological polar surface area (TPSA) is 57.7 Å². The van der Waals surface area contributed by atoms with Gasteiger partial charge >= 0.3 is 6.03 Å². The molecule has 1 N–H and O–H groups in total. The average molecular weight is 366 g/mol. The Kier molecular flexibility index (Phi) is 5.25. The summed E-state index contributed by atoms with van der Waals surface area (Å²) in [6.45, 7) is 7.16. The molecule has 1 aromatic heterocycles. The molecule has 2 aromatic rings. The first-order valence-electron chi connectivity index (χ1n) is 9.59. The molecule has 0 radical (unpaired) electrons. The van der Waals surface area contributed by atoms with Gasteiger partial charge < -0.3 is 19.9 Å². The molecule has 0 spiro atoms. The average Bonchev–Trinajstić information content (AvgIpc) is 2.73. The van der Waals surface area contributed by atoms with Gasteiger partial charge in [0.25, 0.3) is 0 Å². The largest absolute Gasteiger partial charge is 0.378 e. The van der Waals surface area contributed by atoms with Gasteiger partial charge in [-0.05, 0) is 42.2 Å². The predicted octanol–water partition coefficient (Wildman–Crippen LogP) is 2.49. The monoisotopic (exact) mass is 366 g/mol. The molecule has 0 saturated carbocycles. The molecular formula is C21H26N4O2. The highest BCUT2D eigenvalue weighted by Crippen LogP contribution is 2.22. The molecule has 4 rings (SSSR count). The van der Waals surface area contributed by atoms with E-state index in [-0.39, 0.29) is 6.03 Å². The molecule has 0 aliphatic carbocycles. The van der Waals surface area contributed by atoms with Crippen molar-refractivity contribution >= 4 is 11.8 Å². The first-order valence-corrected chi connectivity index (χ1v) is 9.59. The van der Waals surface area contributed by atoms with E-state index in [0.29, 0.717) is 13.1 Å². The molecule has 2 aliphatic heterocycles. The van der Waals surface area contributed by atoms with Crippen LogP contribution in [0.3, 0.4) is 0 Å². The zero-order valence-corrected chi connectivity index (χ0v) is 15.8. The van der Waals surface area contributed by atoms with Crippen LogP contribution in [0.2, 0.25) is 0 Å². The van der Waals surface area contributed by atoms with Crippen LogP contribution in [0.15, 0.2) is 36.4 Å². The first kappa shape index (κ1) is 17.8. The van der Waals surface area contributed by atoms with Crippen molar-refractivity contribution in [1.82, 2.24) is 15.2 Å². The third-order valence-electron chi connectivity index (χ3n) is 5.34. The molecule has 6 heteroatoms. The second kappa shape index (κ2) is 7.96. The summed E-state index contributed by atoms with van der Waals surface area (Å²) >= 11 is 0. The molecule has 1 fully saturated rings. The number of morpholine rings is 1. The highest BCUT2D eigenvalue weighted by atomic mass is 16.5. The highest BCUT2D eigenvalue weighted by Gasteiger charge is 2.21. The van der Waals surface area contributed by atoms with Gasteiger partial charge in [-0.15, -0.1) is 0 Å². The van der Waals surface area contributed by atoms with Gasteiger partial charge in [-0.2, -0.15) is 0 Å². The molecule has 0 bridgehead atoms. The molecule has 142 valence electrons. The Balaban J connectivity index is 1.36. The Morgan fingerprint density at radius 2 is 1.96 bits per heavy atom. The van der Waals surface area contributed by atoms with E-state index in [9.17, 15) is 4.79 Å². The number of urea groups is 1. The van der Waals surface area contributed by atoms with Gasteiger partial charge in [0.15, 0.2) is 0 Å². The number of anilines is 1.